The summed E-state index contributed by atoms with van der Waals surface area (Å²) in [5, 5.41) is 14.5. The predicted octanol–water partition coefficient (Wildman–Crippen LogP) is 1.17. The predicted molar refractivity (Wildman–Crippen MR) is 101 cm³/mol. The minimum Gasteiger partial charge on any atom is -0.491 e. The van der Waals surface area contributed by atoms with E-state index in [4.69, 9.17) is 9.84 Å². The molecule has 28 heavy (non-hydrogen) atoms. The number of aliphatic hydroxyl groups excluding tert-OH is 1. The van der Waals surface area contributed by atoms with E-state index >= 15 is 0 Å². The number of amides is 4. The highest BCUT2D eigenvalue weighted by Crippen LogP contribution is 2.38. The number of hydrogen-bond acceptors (Lipinski definition) is 5. The van der Waals surface area contributed by atoms with Gasteiger partial charge in [-0.05, 0) is 24.8 Å². The first-order valence-electron chi connectivity index (χ1n) is 9.70. The highest BCUT2D eigenvalue weighted by atomic mass is 16.5. The molecule has 1 aliphatic carbocycles. The molecule has 1 aliphatic heterocycles. The first kappa shape index (κ1) is 20.1. The van der Waals surface area contributed by atoms with Crippen LogP contribution in [0.25, 0.3) is 0 Å². The van der Waals surface area contributed by atoms with Crippen molar-refractivity contribution in [3.8, 4) is 5.75 Å². The fourth-order valence-electron chi connectivity index (χ4n) is 3.98. The number of ether oxygens (including phenoxy) is 1. The largest absolute Gasteiger partial charge is 0.491 e. The van der Waals surface area contributed by atoms with Crippen molar-refractivity contribution in [1.82, 2.24) is 15.5 Å². The maximum atomic E-state index is 12.9. The van der Waals surface area contributed by atoms with Crippen molar-refractivity contribution in [2.75, 3.05) is 19.8 Å². The molecule has 1 saturated carbocycles. The fourth-order valence-corrected chi connectivity index (χ4v) is 3.98. The molecule has 0 aromatic heterocycles. The molecule has 1 saturated heterocycles. The van der Waals surface area contributed by atoms with Gasteiger partial charge in [0, 0.05) is 12.1 Å². The summed E-state index contributed by atoms with van der Waals surface area (Å²) in [5.41, 5.74) is -0.112. The van der Waals surface area contributed by atoms with Crippen LogP contribution in [0, 0.1) is 5.92 Å². The van der Waals surface area contributed by atoms with Crippen molar-refractivity contribution in [1.29, 1.82) is 0 Å². The number of urea groups is 1. The lowest BCUT2D eigenvalue weighted by Gasteiger charge is -2.36. The minimum absolute atomic E-state index is 0.0568. The van der Waals surface area contributed by atoms with E-state index in [0.29, 0.717) is 12.2 Å². The summed E-state index contributed by atoms with van der Waals surface area (Å²) in [5.74, 6) is -0.0874. The molecule has 2 aliphatic rings. The maximum Gasteiger partial charge on any atom is 0.325 e. The van der Waals surface area contributed by atoms with Gasteiger partial charge in [0.1, 0.15) is 24.4 Å². The van der Waals surface area contributed by atoms with Crippen LogP contribution in [0.15, 0.2) is 24.3 Å². The van der Waals surface area contributed by atoms with E-state index in [2.05, 4.69) is 10.6 Å². The zero-order chi connectivity index (χ0) is 20.1. The van der Waals surface area contributed by atoms with Crippen LogP contribution in [-0.4, -0.2) is 53.1 Å². The van der Waals surface area contributed by atoms with Crippen molar-refractivity contribution in [2.45, 2.75) is 44.7 Å². The summed E-state index contributed by atoms with van der Waals surface area (Å²) in [6.45, 7) is 1.93. The Balaban J connectivity index is 1.60. The molecule has 0 radical (unpaired) electrons. The second-order valence-electron chi connectivity index (χ2n) is 7.40. The monoisotopic (exact) mass is 389 g/mol. The van der Waals surface area contributed by atoms with Crippen molar-refractivity contribution >= 4 is 17.8 Å². The van der Waals surface area contributed by atoms with Gasteiger partial charge in [0.15, 0.2) is 0 Å². The molecule has 2 atom stereocenters. The molecule has 1 spiro atoms. The van der Waals surface area contributed by atoms with Gasteiger partial charge in [-0.15, -0.1) is 0 Å². The fraction of sp³-hybridized carbons (Fsp3) is 0.550. The third-order valence-electron chi connectivity index (χ3n) is 5.60. The molecule has 152 valence electrons. The number of benzene rings is 1. The second kappa shape index (κ2) is 8.60. The molecule has 8 nitrogen and oxygen atoms in total. The van der Waals surface area contributed by atoms with Crippen LogP contribution in [0.1, 0.15) is 38.2 Å². The van der Waals surface area contributed by atoms with Crippen LogP contribution in [-0.2, 0) is 16.1 Å². The zero-order valence-corrected chi connectivity index (χ0v) is 16.1. The number of aliphatic hydroxyl groups is 1. The van der Waals surface area contributed by atoms with Crippen LogP contribution in [0.4, 0.5) is 4.79 Å². The van der Waals surface area contributed by atoms with Crippen molar-refractivity contribution in [3.63, 3.8) is 0 Å². The third kappa shape index (κ3) is 3.96. The third-order valence-corrected chi connectivity index (χ3v) is 5.60. The lowest BCUT2D eigenvalue weighted by molar-refractivity contribution is -0.137. The Bertz CT molecular complexity index is 753. The van der Waals surface area contributed by atoms with Gasteiger partial charge in [0.25, 0.3) is 5.91 Å². The summed E-state index contributed by atoms with van der Waals surface area (Å²) in [7, 11) is 0. The van der Waals surface area contributed by atoms with Crippen LogP contribution < -0.4 is 15.4 Å². The van der Waals surface area contributed by atoms with E-state index in [1.807, 2.05) is 13.0 Å². The number of hydrogen-bond donors (Lipinski definition) is 3. The van der Waals surface area contributed by atoms with Crippen molar-refractivity contribution in [3.05, 3.63) is 29.8 Å². The zero-order valence-electron chi connectivity index (χ0n) is 16.1. The number of nitrogens with zero attached hydrogens (tertiary/aromatic N) is 1. The molecule has 1 aromatic carbocycles. The Kier molecular flexibility index (Phi) is 6.18. The van der Waals surface area contributed by atoms with Gasteiger partial charge in [-0.3, -0.25) is 14.5 Å². The normalized spacial score (nSPS) is 24.4. The van der Waals surface area contributed by atoms with Gasteiger partial charge in [-0.2, -0.15) is 0 Å². The van der Waals surface area contributed by atoms with E-state index in [0.717, 1.165) is 29.7 Å². The number of para-hydroxylation sites is 1. The number of carbonyl (C=O) groups is 3. The van der Waals surface area contributed by atoms with Gasteiger partial charge < -0.3 is 20.5 Å². The molecule has 0 bridgehead atoms. The van der Waals surface area contributed by atoms with Crippen LogP contribution in [0.5, 0.6) is 5.75 Å². The van der Waals surface area contributed by atoms with E-state index in [9.17, 15) is 14.4 Å². The highest BCUT2D eigenvalue weighted by Gasteiger charge is 2.55. The lowest BCUT2D eigenvalue weighted by Crippen LogP contribution is -2.54. The van der Waals surface area contributed by atoms with Crippen LogP contribution >= 0.6 is 0 Å². The quantitative estimate of drug-likeness (QED) is 0.607. The first-order chi connectivity index (χ1) is 13.5. The summed E-state index contributed by atoms with van der Waals surface area (Å²) in [6.07, 6.45) is 3.44. The minimum atomic E-state index is -0.861. The Hall–Kier alpha value is -2.61. The molecule has 4 amide bonds. The van der Waals surface area contributed by atoms with Gasteiger partial charge in [0.2, 0.25) is 5.91 Å². The highest BCUT2D eigenvalue weighted by molar-refractivity contribution is 6.09. The summed E-state index contributed by atoms with van der Waals surface area (Å²) in [6, 6.07) is 6.68. The lowest BCUT2D eigenvalue weighted by atomic mass is 9.73. The van der Waals surface area contributed by atoms with E-state index in [1.54, 1.807) is 18.2 Å². The molecule has 8 heteroatoms. The molecular weight excluding hydrogens is 362 g/mol. The molecule has 1 aromatic rings. The molecule has 3 rings (SSSR count). The first-order valence-corrected chi connectivity index (χ1v) is 9.70. The Morgan fingerprint density at radius 3 is 2.89 bits per heavy atom. The average Bonchev–Trinajstić information content (AvgIpc) is 2.92. The van der Waals surface area contributed by atoms with Crippen molar-refractivity contribution in [2.24, 2.45) is 5.92 Å². The number of carbonyl (C=O) groups excluding carboxylic acids is 3. The van der Waals surface area contributed by atoms with Gasteiger partial charge in [-0.25, -0.2) is 4.79 Å². The number of nitrogens with one attached hydrogen (secondary N) is 2. The van der Waals surface area contributed by atoms with E-state index in [1.165, 1.54) is 0 Å². The van der Waals surface area contributed by atoms with Gasteiger partial charge in [-0.1, -0.05) is 38.0 Å². The topological polar surface area (TPSA) is 108 Å². The molecule has 0 unspecified atom stereocenters. The second-order valence-corrected chi connectivity index (χ2v) is 7.40. The average molecular weight is 389 g/mol. The Morgan fingerprint density at radius 1 is 1.36 bits per heavy atom. The molecular formula is C20H27N3O5. The SMILES string of the molecule is C[C@@H]1CCCC[C@@]12NC(=O)N(CC(=O)NCc1ccccc1OCCO)C2=O. The molecule has 1 heterocycles. The Morgan fingerprint density at radius 2 is 2.14 bits per heavy atom. The molecule has 3 N–H and O–H groups in total. The maximum absolute atomic E-state index is 12.9. The van der Waals surface area contributed by atoms with Crippen LogP contribution in [0.3, 0.4) is 0 Å². The smallest absolute Gasteiger partial charge is 0.325 e. The van der Waals surface area contributed by atoms with Gasteiger partial charge >= 0.3 is 6.03 Å². The van der Waals surface area contributed by atoms with Crippen LogP contribution in [0.2, 0.25) is 0 Å². The van der Waals surface area contributed by atoms with E-state index in [-0.39, 0.29) is 38.1 Å². The number of rotatable bonds is 7. The Labute approximate surface area is 164 Å². The number of imide groups is 1. The van der Waals surface area contributed by atoms with Gasteiger partial charge in [0.05, 0.1) is 6.61 Å². The summed E-state index contributed by atoms with van der Waals surface area (Å²) >= 11 is 0. The van der Waals surface area contributed by atoms with Crippen molar-refractivity contribution < 1.29 is 24.2 Å². The van der Waals surface area contributed by atoms with E-state index < -0.39 is 17.5 Å². The standard InChI is InChI=1S/C20H27N3O5/c1-14-6-4-5-9-20(14)18(26)23(19(27)22-20)13-17(25)21-12-15-7-2-3-8-16(15)28-11-10-24/h2-3,7-8,14,24H,4-6,9-13H2,1H3,(H,21,25)(H,22,27)/t14-,20-/m1/s1. The molecule has 2 fully saturated rings. The summed E-state index contributed by atoms with van der Waals surface area (Å²) < 4.78 is 5.44. The summed E-state index contributed by atoms with van der Waals surface area (Å²) in [4.78, 5) is 38.7.